The second-order valence-electron chi connectivity index (χ2n) is 5.11. The Labute approximate surface area is 135 Å². The van der Waals surface area contributed by atoms with Gasteiger partial charge in [0.15, 0.2) is 0 Å². The molecular weight excluding hydrogens is 294 g/mol. The molecule has 0 radical (unpaired) electrons. The Hall–Kier alpha value is -2.60. The molecule has 2 rings (SSSR count). The number of benzene rings is 1. The average Bonchev–Trinajstić information content (AvgIpc) is 3.04. The highest BCUT2D eigenvalue weighted by molar-refractivity contribution is 5.96. The molecule has 0 atom stereocenters. The second kappa shape index (κ2) is 8.14. The van der Waals surface area contributed by atoms with Crippen molar-refractivity contribution in [1.29, 1.82) is 0 Å². The molecule has 1 heterocycles. The minimum absolute atomic E-state index is 0.0586. The standard InChI is InChI=1S/C17H21N3O3/c1-3-16(21)19-14-7-4-8-15(12(14)2)20-17(22)11-18-10-13-6-5-9-23-13/h4-9,18H,3,10-11H2,1-2H3,(H,19,21)(H,20,22). The topological polar surface area (TPSA) is 83.4 Å². The highest BCUT2D eigenvalue weighted by atomic mass is 16.3. The Morgan fingerprint density at radius 2 is 1.74 bits per heavy atom. The van der Waals surface area contributed by atoms with Gasteiger partial charge in [0.1, 0.15) is 5.76 Å². The maximum atomic E-state index is 12.0. The number of nitrogens with one attached hydrogen (secondary N) is 3. The van der Waals surface area contributed by atoms with Crippen molar-refractivity contribution in [1.82, 2.24) is 5.32 Å². The molecule has 0 bridgehead atoms. The van der Waals surface area contributed by atoms with Crippen LogP contribution in [0.1, 0.15) is 24.7 Å². The zero-order valence-corrected chi connectivity index (χ0v) is 13.3. The van der Waals surface area contributed by atoms with Crippen molar-refractivity contribution in [3.63, 3.8) is 0 Å². The van der Waals surface area contributed by atoms with Crippen LogP contribution in [0.4, 0.5) is 11.4 Å². The van der Waals surface area contributed by atoms with Crippen LogP contribution in [0.2, 0.25) is 0 Å². The zero-order valence-electron chi connectivity index (χ0n) is 13.3. The van der Waals surface area contributed by atoms with E-state index in [9.17, 15) is 9.59 Å². The third-order valence-electron chi connectivity index (χ3n) is 3.37. The molecule has 0 unspecified atom stereocenters. The van der Waals surface area contributed by atoms with Crippen LogP contribution in [0.5, 0.6) is 0 Å². The number of amides is 2. The summed E-state index contributed by atoms with van der Waals surface area (Å²) in [5, 5.41) is 8.66. The Bertz CT molecular complexity index is 666. The number of anilines is 2. The minimum atomic E-state index is -0.154. The molecule has 0 aliphatic carbocycles. The lowest BCUT2D eigenvalue weighted by Crippen LogP contribution is -2.28. The highest BCUT2D eigenvalue weighted by Gasteiger charge is 2.09. The van der Waals surface area contributed by atoms with Crippen LogP contribution in [0.15, 0.2) is 41.0 Å². The normalized spacial score (nSPS) is 10.3. The minimum Gasteiger partial charge on any atom is -0.468 e. The van der Waals surface area contributed by atoms with E-state index in [-0.39, 0.29) is 18.4 Å². The van der Waals surface area contributed by atoms with Crippen molar-refractivity contribution in [2.24, 2.45) is 0 Å². The van der Waals surface area contributed by atoms with Crippen molar-refractivity contribution in [3.05, 3.63) is 47.9 Å². The first-order chi connectivity index (χ1) is 11.1. The molecule has 1 aromatic carbocycles. The molecular formula is C17H21N3O3. The van der Waals surface area contributed by atoms with Crippen LogP contribution in [0, 0.1) is 6.92 Å². The van der Waals surface area contributed by atoms with Gasteiger partial charge in [-0.2, -0.15) is 0 Å². The van der Waals surface area contributed by atoms with Crippen molar-refractivity contribution >= 4 is 23.2 Å². The maximum absolute atomic E-state index is 12.0. The van der Waals surface area contributed by atoms with Gasteiger partial charge in [0.05, 0.1) is 19.4 Å². The molecule has 23 heavy (non-hydrogen) atoms. The lowest BCUT2D eigenvalue weighted by Gasteiger charge is -2.13. The van der Waals surface area contributed by atoms with Crippen LogP contribution in [-0.4, -0.2) is 18.4 Å². The first-order valence-electron chi connectivity index (χ1n) is 7.52. The third-order valence-corrected chi connectivity index (χ3v) is 3.37. The number of rotatable bonds is 7. The van der Waals surface area contributed by atoms with Crippen LogP contribution < -0.4 is 16.0 Å². The van der Waals surface area contributed by atoms with Crippen LogP contribution in [0.3, 0.4) is 0 Å². The molecule has 1 aromatic heterocycles. The molecule has 0 saturated heterocycles. The summed E-state index contributed by atoms with van der Waals surface area (Å²) in [7, 11) is 0. The summed E-state index contributed by atoms with van der Waals surface area (Å²) in [5.74, 6) is 0.563. The first kappa shape index (κ1) is 16.8. The van der Waals surface area contributed by atoms with Gasteiger partial charge in [-0.25, -0.2) is 0 Å². The van der Waals surface area contributed by atoms with E-state index in [2.05, 4.69) is 16.0 Å². The fourth-order valence-corrected chi connectivity index (χ4v) is 2.05. The number of hydrogen-bond donors (Lipinski definition) is 3. The number of carbonyl (C=O) groups is 2. The summed E-state index contributed by atoms with van der Waals surface area (Å²) in [6.45, 7) is 4.32. The molecule has 122 valence electrons. The van der Waals surface area contributed by atoms with Gasteiger partial charge >= 0.3 is 0 Å². The molecule has 2 aromatic rings. The van der Waals surface area contributed by atoms with Crippen LogP contribution in [0.25, 0.3) is 0 Å². The Morgan fingerprint density at radius 1 is 1.04 bits per heavy atom. The monoisotopic (exact) mass is 315 g/mol. The molecule has 0 aliphatic rings. The fraction of sp³-hybridized carbons (Fsp3) is 0.294. The van der Waals surface area contributed by atoms with E-state index in [1.165, 1.54) is 0 Å². The highest BCUT2D eigenvalue weighted by Crippen LogP contribution is 2.23. The average molecular weight is 315 g/mol. The molecule has 3 N–H and O–H groups in total. The largest absolute Gasteiger partial charge is 0.468 e. The smallest absolute Gasteiger partial charge is 0.238 e. The summed E-state index contributed by atoms with van der Waals surface area (Å²) in [6, 6.07) is 9.06. The Balaban J connectivity index is 1.90. The summed E-state index contributed by atoms with van der Waals surface area (Å²) in [6.07, 6.45) is 2.00. The van der Waals surface area contributed by atoms with Crippen molar-refractivity contribution in [3.8, 4) is 0 Å². The van der Waals surface area contributed by atoms with E-state index in [1.54, 1.807) is 31.4 Å². The van der Waals surface area contributed by atoms with Gasteiger partial charge in [-0.05, 0) is 36.8 Å². The van der Waals surface area contributed by atoms with Gasteiger partial charge in [0, 0.05) is 17.8 Å². The first-order valence-corrected chi connectivity index (χ1v) is 7.52. The molecule has 0 fully saturated rings. The third kappa shape index (κ3) is 4.96. The van der Waals surface area contributed by atoms with E-state index in [1.807, 2.05) is 19.1 Å². The molecule has 0 spiro atoms. The quantitative estimate of drug-likeness (QED) is 0.733. The van der Waals surface area contributed by atoms with Gasteiger partial charge in [-0.15, -0.1) is 0 Å². The molecule has 2 amide bonds. The molecule has 6 heteroatoms. The fourth-order valence-electron chi connectivity index (χ4n) is 2.05. The van der Waals surface area contributed by atoms with Crippen LogP contribution in [-0.2, 0) is 16.1 Å². The van der Waals surface area contributed by atoms with Crippen molar-refractivity contribution in [2.45, 2.75) is 26.8 Å². The van der Waals surface area contributed by atoms with E-state index < -0.39 is 0 Å². The Kier molecular flexibility index (Phi) is 5.94. The second-order valence-corrected chi connectivity index (χ2v) is 5.11. The number of carbonyl (C=O) groups excluding carboxylic acids is 2. The van der Waals surface area contributed by atoms with Crippen LogP contribution >= 0.6 is 0 Å². The van der Waals surface area contributed by atoms with E-state index in [4.69, 9.17) is 4.42 Å². The van der Waals surface area contributed by atoms with Gasteiger partial charge in [-0.3, -0.25) is 9.59 Å². The predicted molar refractivity (Wildman–Crippen MR) is 89.1 cm³/mol. The zero-order chi connectivity index (χ0) is 16.7. The SMILES string of the molecule is CCC(=O)Nc1cccc(NC(=O)CNCc2ccco2)c1C. The van der Waals surface area contributed by atoms with Gasteiger partial charge < -0.3 is 20.4 Å². The summed E-state index contributed by atoms with van der Waals surface area (Å²) >= 11 is 0. The van der Waals surface area contributed by atoms with Gasteiger partial charge in [0.25, 0.3) is 0 Å². The van der Waals surface area contributed by atoms with Crippen molar-refractivity contribution in [2.75, 3.05) is 17.2 Å². The van der Waals surface area contributed by atoms with Crippen molar-refractivity contribution < 1.29 is 14.0 Å². The summed E-state index contributed by atoms with van der Waals surface area (Å²) in [4.78, 5) is 23.5. The number of hydrogen-bond acceptors (Lipinski definition) is 4. The maximum Gasteiger partial charge on any atom is 0.238 e. The van der Waals surface area contributed by atoms with Gasteiger partial charge in [-0.1, -0.05) is 13.0 Å². The lowest BCUT2D eigenvalue weighted by atomic mass is 10.1. The number of furan rings is 1. The predicted octanol–water partition coefficient (Wildman–Crippen LogP) is 2.66. The van der Waals surface area contributed by atoms with E-state index >= 15 is 0 Å². The van der Waals surface area contributed by atoms with E-state index in [0.717, 1.165) is 11.3 Å². The molecule has 0 aliphatic heterocycles. The summed E-state index contributed by atoms with van der Waals surface area (Å²) in [5.41, 5.74) is 2.22. The van der Waals surface area contributed by atoms with E-state index in [0.29, 0.717) is 24.3 Å². The molecule has 6 nitrogen and oxygen atoms in total. The lowest BCUT2D eigenvalue weighted by molar-refractivity contribution is -0.116. The summed E-state index contributed by atoms with van der Waals surface area (Å²) < 4.78 is 5.18. The Morgan fingerprint density at radius 3 is 2.35 bits per heavy atom. The molecule has 0 saturated carbocycles. The van der Waals surface area contributed by atoms with Gasteiger partial charge in [0.2, 0.25) is 11.8 Å².